The molecule has 0 bridgehead atoms. The number of carbonyl (C=O) groups is 2. The zero-order chi connectivity index (χ0) is 22.8. The van der Waals surface area contributed by atoms with Crippen molar-refractivity contribution in [3.8, 4) is 11.1 Å². The molecule has 1 amide bonds. The highest BCUT2D eigenvalue weighted by Crippen LogP contribution is 2.41. The average molecular weight is 454 g/mol. The molecule has 0 saturated heterocycles. The van der Waals surface area contributed by atoms with Crippen LogP contribution in [0.15, 0.2) is 36.4 Å². The lowest BCUT2D eigenvalue weighted by molar-refractivity contribution is -0.141. The Morgan fingerprint density at radius 1 is 1.16 bits per heavy atom. The van der Waals surface area contributed by atoms with E-state index >= 15 is 0 Å². The number of nitrogens with zero attached hydrogens (tertiary/aromatic N) is 1. The number of ether oxygens (including phenoxy) is 1. The van der Waals surface area contributed by atoms with Crippen molar-refractivity contribution in [2.24, 2.45) is 5.92 Å². The fourth-order valence-electron chi connectivity index (χ4n) is 3.58. The molecule has 0 heterocycles. The minimum absolute atomic E-state index is 0.0688. The van der Waals surface area contributed by atoms with Gasteiger partial charge < -0.3 is 9.64 Å². The summed E-state index contributed by atoms with van der Waals surface area (Å²) >= 11 is 6.04. The smallest absolute Gasteiger partial charge is 0.418 e. The van der Waals surface area contributed by atoms with Crippen molar-refractivity contribution in [3.05, 3.63) is 58.1 Å². The van der Waals surface area contributed by atoms with Crippen molar-refractivity contribution in [2.75, 3.05) is 13.7 Å². The Kier molecular flexibility index (Phi) is 6.94. The first-order valence-electron chi connectivity index (χ1n) is 9.99. The van der Waals surface area contributed by atoms with Crippen molar-refractivity contribution in [3.63, 3.8) is 0 Å². The molecule has 1 fully saturated rings. The molecular weight excluding hydrogens is 431 g/mol. The number of carbonyl (C=O) groups excluding carboxylic acids is 2. The highest BCUT2D eigenvalue weighted by molar-refractivity contribution is 6.32. The largest absolute Gasteiger partial charge is 0.469 e. The summed E-state index contributed by atoms with van der Waals surface area (Å²) in [5.41, 5.74) is 0.602. The first-order chi connectivity index (χ1) is 14.7. The van der Waals surface area contributed by atoms with E-state index in [9.17, 15) is 22.8 Å². The third-order valence-electron chi connectivity index (χ3n) is 5.33. The molecule has 31 heavy (non-hydrogen) atoms. The summed E-state index contributed by atoms with van der Waals surface area (Å²) in [6, 6.07) is 9.76. The van der Waals surface area contributed by atoms with Gasteiger partial charge in [0.05, 0.1) is 24.1 Å². The SMILES string of the molecule is CCN(Cc1ccccc1-c1cc(Cl)c(C(F)(F)F)c(CC(=O)OC)c1)C(=O)C1CC1. The van der Waals surface area contributed by atoms with Crippen molar-refractivity contribution < 1.29 is 27.5 Å². The maximum Gasteiger partial charge on any atom is 0.418 e. The second kappa shape index (κ2) is 9.30. The highest BCUT2D eigenvalue weighted by atomic mass is 35.5. The van der Waals surface area contributed by atoms with Gasteiger partial charge in [-0.3, -0.25) is 9.59 Å². The van der Waals surface area contributed by atoms with E-state index in [0.717, 1.165) is 25.5 Å². The quantitative estimate of drug-likeness (QED) is 0.520. The van der Waals surface area contributed by atoms with Gasteiger partial charge in [-0.05, 0) is 54.2 Å². The number of alkyl halides is 3. The van der Waals surface area contributed by atoms with Crippen molar-refractivity contribution in [1.82, 2.24) is 4.90 Å². The van der Waals surface area contributed by atoms with Crippen LogP contribution in [-0.4, -0.2) is 30.4 Å². The summed E-state index contributed by atoms with van der Waals surface area (Å²) in [5, 5.41) is -0.486. The van der Waals surface area contributed by atoms with Gasteiger partial charge in [0.15, 0.2) is 0 Å². The van der Waals surface area contributed by atoms with E-state index in [1.807, 2.05) is 19.1 Å². The Balaban J connectivity index is 2.04. The van der Waals surface area contributed by atoms with Gasteiger partial charge in [-0.15, -0.1) is 0 Å². The van der Waals surface area contributed by atoms with Crippen molar-refractivity contribution in [1.29, 1.82) is 0 Å². The number of rotatable bonds is 7. The Bertz CT molecular complexity index is 987. The average Bonchev–Trinajstić information content (AvgIpc) is 3.55. The lowest BCUT2D eigenvalue weighted by Gasteiger charge is -2.23. The van der Waals surface area contributed by atoms with Gasteiger partial charge in [-0.2, -0.15) is 13.2 Å². The lowest BCUT2D eigenvalue weighted by atomic mass is 9.94. The summed E-state index contributed by atoms with van der Waals surface area (Å²) < 4.78 is 45.3. The predicted octanol–water partition coefficient (Wildman–Crippen LogP) is 5.50. The molecule has 0 aromatic heterocycles. The molecule has 0 atom stereocenters. The normalized spacial score (nSPS) is 13.7. The molecular formula is C23H23ClF3NO3. The molecule has 0 unspecified atom stereocenters. The highest BCUT2D eigenvalue weighted by Gasteiger charge is 2.37. The first-order valence-corrected chi connectivity index (χ1v) is 10.4. The van der Waals surface area contributed by atoms with Crippen LogP contribution in [-0.2, 0) is 33.5 Å². The molecule has 2 aromatic rings. The number of esters is 1. The van der Waals surface area contributed by atoms with Gasteiger partial charge in [0.25, 0.3) is 0 Å². The summed E-state index contributed by atoms with van der Waals surface area (Å²) in [4.78, 5) is 26.0. The third kappa shape index (κ3) is 5.39. The van der Waals surface area contributed by atoms with Crippen LogP contribution in [0.4, 0.5) is 13.2 Å². The molecule has 8 heteroatoms. The van der Waals surface area contributed by atoms with Gasteiger partial charge in [0.2, 0.25) is 5.91 Å². The van der Waals surface area contributed by atoms with Gasteiger partial charge in [0.1, 0.15) is 0 Å². The second-order valence-corrected chi connectivity index (χ2v) is 7.93. The van der Waals surface area contributed by atoms with Gasteiger partial charge in [0, 0.05) is 19.0 Å². The van der Waals surface area contributed by atoms with E-state index in [0.29, 0.717) is 24.2 Å². The lowest BCUT2D eigenvalue weighted by Crippen LogP contribution is -2.31. The Morgan fingerprint density at radius 2 is 1.84 bits per heavy atom. The van der Waals surface area contributed by atoms with Gasteiger partial charge >= 0.3 is 12.1 Å². The van der Waals surface area contributed by atoms with Crippen LogP contribution in [0.25, 0.3) is 11.1 Å². The predicted molar refractivity (Wildman–Crippen MR) is 111 cm³/mol. The van der Waals surface area contributed by atoms with Crippen LogP contribution in [0, 0.1) is 5.92 Å². The zero-order valence-corrected chi connectivity index (χ0v) is 18.0. The van der Waals surface area contributed by atoms with E-state index in [1.54, 1.807) is 17.0 Å². The van der Waals surface area contributed by atoms with E-state index in [-0.39, 0.29) is 17.4 Å². The van der Waals surface area contributed by atoms with E-state index in [4.69, 9.17) is 11.6 Å². The maximum absolute atomic E-state index is 13.6. The molecule has 3 rings (SSSR count). The number of methoxy groups -OCH3 is 1. The monoisotopic (exact) mass is 453 g/mol. The summed E-state index contributed by atoms with van der Waals surface area (Å²) in [6.45, 7) is 2.77. The molecule has 2 aromatic carbocycles. The molecule has 0 N–H and O–H groups in total. The van der Waals surface area contributed by atoms with E-state index in [1.165, 1.54) is 12.1 Å². The summed E-state index contributed by atoms with van der Waals surface area (Å²) in [7, 11) is 1.12. The fraction of sp³-hybridized carbons (Fsp3) is 0.391. The molecule has 1 aliphatic rings. The number of amides is 1. The molecule has 1 saturated carbocycles. The number of hydrogen-bond acceptors (Lipinski definition) is 3. The number of hydrogen-bond donors (Lipinski definition) is 0. The van der Waals surface area contributed by atoms with Crippen LogP contribution in [0.2, 0.25) is 5.02 Å². The van der Waals surface area contributed by atoms with Crippen LogP contribution in [0.5, 0.6) is 0 Å². The topological polar surface area (TPSA) is 46.6 Å². The second-order valence-electron chi connectivity index (χ2n) is 7.53. The molecule has 0 radical (unpaired) electrons. The van der Waals surface area contributed by atoms with Crippen molar-refractivity contribution >= 4 is 23.5 Å². The Labute approximate surface area is 183 Å². The number of halogens is 4. The van der Waals surface area contributed by atoms with Gasteiger partial charge in [-0.25, -0.2) is 0 Å². The van der Waals surface area contributed by atoms with Crippen LogP contribution in [0.3, 0.4) is 0 Å². The van der Waals surface area contributed by atoms with E-state index < -0.39 is 29.2 Å². The van der Waals surface area contributed by atoms with Crippen LogP contribution >= 0.6 is 11.6 Å². The molecule has 0 aliphatic heterocycles. The minimum Gasteiger partial charge on any atom is -0.469 e. The molecule has 4 nitrogen and oxygen atoms in total. The third-order valence-corrected chi connectivity index (χ3v) is 5.63. The fourth-order valence-corrected chi connectivity index (χ4v) is 3.93. The Morgan fingerprint density at radius 3 is 2.42 bits per heavy atom. The van der Waals surface area contributed by atoms with Crippen LogP contribution in [0.1, 0.15) is 36.5 Å². The zero-order valence-electron chi connectivity index (χ0n) is 17.3. The first kappa shape index (κ1) is 23.1. The number of benzene rings is 2. The van der Waals surface area contributed by atoms with Gasteiger partial charge in [-0.1, -0.05) is 35.9 Å². The molecule has 166 valence electrons. The Hall–Kier alpha value is -2.54. The van der Waals surface area contributed by atoms with Crippen molar-refractivity contribution in [2.45, 2.75) is 38.9 Å². The standard InChI is InChI=1S/C23H23ClF3NO3/c1-3-28(22(30)14-8-9-14)13-15-6-4-5-7-18(15)16-10-17(12-20(29)31-2)21(19(24)11-16)23(25,26)27/h4-7,10-11,14H,3,8-9,12-13H2,1-2H3. The molecule has 1 aliphatic carbocycles. The van der Waals surface area contributed by atoms with Crippen LogP contribution < -0.4 is 0 Å². The molecule has 0 spiro atoms. The minimum atomic E-state index is -4.71. The maximum atomic E-state index is 13.6. The van der Waals surface area contributed by atoms with E-state index in [2.05, 4.69) is 4.74 Å². The summed E-state index contributed by atoms with van der Waals surface area (Å²) in [5.74, 6) is -0.632. The summed E-state index contributed by atoms with van der Waals surface area (Å²) in [6.07, 6.45) is -3.48.